The number of carbonyl (C=O) groups is 1. The van der Waals surface area contributed by atoms with Crippen LogP contribution in [0.15, 0.2) is 24.3 Å². The van der Waals surface area contributed by atoms with Crippen molar-refractivity contribution in [2.24, 2.45) is 5.92 Å². The lowest BCUT2D eigenvalue weighted by Gasteiger charge is -2.31. The molecule has 0 radical (unpaired) electrons. The van der Waals surface area contributed by atoms with E-state index in [1.165, 1.54) is 31.2 Å². The zero-order valence-corrected chi connectivity index (χ0v) is 13.0. The number of aryl methyl sites for hydroxylation is 1. The number of rotatable bonds is 5. The van der Waals surface area contributed by atoms with Gasteiger partial charge in [0, 0.05) is 11.6 Å². The molecule has 3 atom stereocenters. The van der Waals surface area contributed by atoms with E-state index >= 15 is 0 Å². The molecule has 0 saturated heterocycles. The minimum Gasteiger partial charge on any atom is -0.304 e. The van der Waals surface area contributed by atoms with E-state index in [9.17, 15) is 4.79 Å². The van der Waals surface area contributed by atoms with Crippen LogP contribution in [0.5, 0.6) is 0 Å². The van der Waals surface area contributed by atoms with E-state index in [-0.39, 0.29) is 11.8 Å². The molecule has 0 amide bonds. The maximum Gasteiger partial charge on any atom is 0.179 e. The molecule has 1 N–H and O–H groups in total. The zero-order chi connectivity index (χ0) is 14.5. The first-order valence-electron chi connectivity index (χ1n) is 8.01. The predicted octanol–water partition coefficient (Wildman–Crippen LogP) is 3.99. The molecule has 1 aromatic carbocycles. The lowest BCUT2D eigenvalue weighted by molar-refractivity contribution is 0.0933. The highest BCUT2D eigenvalue weighted by molar-refractivity contribution is 5.99. The minimum absolute atomic E-state index is 0.0898. The molecule has 1 aliphatic rings. The van der Waals surface area contributed by atoms with Crippen molar-refractivity contribution in [2.75, 3.05) is 0 Å². The van der Waals surface area contributed by atoms with Crippen LogP contribution >= 0.6 is 0 Å². The monoisotopic (exact) mass is 273 g/mol. The molecule has 1 saturated carbocycles. The molecule has 0 aromatic heterocycles. The van der Waals surface area contributed by atoms with Gasteiger partial charge in [0.1, 0.15) is 0 Å². The SMILES string of the molecule is CCc1ccc(C(=O)C(C)NC2CCCCC2C)cc1. The molecule has 2 rings (SSSR count). The summed E-state index contributed by atoms with van der Waals surface area (Å²) in [6, 6.07) is 8.45. The van der Waals surface area contributed by atoms with Gasteiger partial charge in [-0.1, -0.05) is 51.0 Å². The van der Waals surface area contributed by atoms with Crippen LogP contribution in [0.25, 0.3) is 0 Å². The van der Waals surface area contributed by atoms with E-state index in [4.69, 9.17) is 0 Å². The van der Waals surface area contributed by atoms with Gasteiger partial charge in [-0.3, -0.25) is 4.79 Å². The zero-order valence-electron chi connectivity index (χ0n) is 13.0. The molecule has 1 aromatic rings. The molecule has 1 fully saturated rings. The largest absolute Gasteiger partial charge is 0.304 e. The first-order chi connectivity index (χ1) is 9.61. The Balaban J connectivity index is 1.96. The van der Waals surface area contributed by atoms with Gasteiger partial charge in [0.05, 0.1) is 6.04 Å². The van der Waals surface area contributed by atoms with E-state index in [1.807, 2.05) is 19.1 Å². The van der Waals surface area contributed by atoms with Crippen molar-refractivity contribution in [1.29, 1.82) is 0 Å². The maximum absolute atomic E-state index is 12.5. The van der Waals surface area contributed by atoms with E-state index in [2.05, 4.69) is 31.3 Å². The highest BCUT2D eigenvalue weighted by Gasteiger charge is 2.25. The summed E-state index contributed by atoms with van der Waals surface area (Å²) in [6.07, 6.45) is 6.12. The number of hydrogen-bond acceptors (Lipinski definition) is 2. The minimum atomic E-state index is -0.0898. The molecule has 0 heterocycles. The summed E-state index contributed by atoms with van der Waals surface area (Å²) in [5.41, 5.74) is 2.11. The van der Waals surface area contributed by atoms with Gasteiger partial charge in [-0.05, 0) is 37.7 Å². The summed E-state index contributed by atoms with van der Waals surface area (Å²) in [4.78, 5) is 12.5. The van der Waals surface area contributed by atoms with Crippen LogP contribution in [0.4, 0.5) is 0 Å². The lowest BCUT2D eigenvalue weighted by Crippen LogP contribution is -2.45. The smallest absolute Gasteiger partial charge is 0.179 e. The Morgan fingerprint density at radius 1 is 1.25 bits per heavy atom. The average Bonchev–Trinajstić information content (AvgIpc) is 2.49. The molecule has 0 spiro atoms. The number of ketones is 1. The lowest BCUT2D eigenvalue weighted by atomic mass is 9.85. The van der Waals surface area contributed by atoms with Crippen LogP contribution < -0.4 is 5.32 Å². The second-order valence-electron chi connectivity index (χ2n) is 6.17. The van der Waals surface area contributed by atoms with Crippen LogP contribution in [0.2, 0.25) is 0 Å². The maximum atomic E-state index is 12.5. The van der Waals surface area contributed by atoms with Crippen molar-refractivity contribution in [1.82, 2.24) is 5.32 Å². The Hall–Kier alpha value is -1.15. The standard InChI is InChI=1S/C18H27NO/c1-4-15-9-11-16(12-10-15)18(20)14(3)19-17-8-6-5-7-13(17)2/h9-14,17,19H,4-8H2,1-3H3. The summed E-state index contributed by atoms with van der Waals surface area (Å²) < 4.78 is 0. The average molecular weight is 273 g/mol. The van der Waals surface area contributed by atoms with Gasteiger partial charge in [-0.15, -0.1) is 0 Å². The first-order valence-corrected chi connectivity index (χ1v) is 8.01. The molecule has 1 aliphatic carbocycles. The van der Waals surface area contributed by atoms with Crippen LogP contribution in [0.1, 0.15) is 62.4 Å². The van der Waals surface area contributed by atoms with E-state index in [1.54, 1.807) is 0 Å². The van der Waals surface area contributed by atoms with Crippen LogP contribution in [0, 0.1) is 5.92 Å². The van der Waals surface area contributed by atoms with Crippen LogP contribution in [0.3, 0.4) is 0 Å². The fourth-order valence-electron chi connectivity index (χ4n) is 3.12. The second kappa shape index (κ2) is 7.03. The molecule has 0 bridgehead atoms. The number of Topliss-reactive ketones (excluding diaryl/α,β-unsaturated/α-hetero) is 1. The molecular weight excluding hydrogens is 246 g/mol. The van der Waals surface area contributed by atoms with Gasteiger partial charge in [-0.25, -0.2) is 0 Å². The molecule has 2 nitrogen and oxygen atoms in total. The normalized spacial score (nSPS) is 24.4. The highest BCUT2D eigenvalue weighted by Crippen LogP contribution is 2.24. The van der Waals surface area contributed by atoms with Crippen molar-refractivity contribution in [3.63, 3.8) is 0 Å². The van der Waals surface area contributed by atoms with Gasteiger partial charge < -0.3 is 5.32 Å². The van der Waals surface area contributed by atoms with E-state index < -0.39 is 0 Å². The van der Waals surface area contributed by atoms with Crippen molar-refractivity contribution in [2.45, 2.75) is 65.0 Å². The van der Waals surface area contributed by atoms with Gasteiger partial charge in [0.15, 0.2) is 5.78 Å². The second-order valence-corrected chi connectivity index (χ2v) is 6.17. The molecule has 0 aliphatic heterocycles. The quantitative estimate of drug-likeness (QED) is 0.822. The Bertz CT molecular complexity index is 437. The third kappa shape index (κ3) is 3.69. The molecule has 20 heavy (non-hydrogen) atoms. The van der Waals surface area contributed by atoms with Gasteiger partial charge in [0.25, 0.3) is 0 Å². The third-order valence-electron chi connectivity index (χ3n) is 4.62. The van der Waals surface area contributed by atoms with E-state index in [0.717, 1.165) is 12.0 Å². The fraction of sp³-hybridized carbons (Fsp3) is 0.611. The van der Waals surface area contributed by atoms with Gasteiger partial charge >= 0.3 is 0 Å². The Kier molecular flexibility index (Phi) is 5.36. The first kappa shape index (κ1) is 15.2. The Labute approximate surface area is 123 Å². The summed E-state index contributed by atoms with van der Waals surface area (Å²) in [5.74, 6) is 0.895. The summed E-state index contributed by atoms with van der Waals surface area (Å²) in [6.45, 7) is 6.42. The Morgan fingerprint density at radius 2 is 1.90 bits per heavy atom. The number of nitrogens with one attached hydrogen (secondary N) is 1. The predicted molar refractivity (Wildman–Crippen MR) is 84.2 cm³/mol. The third-order valence-corrected chi connectivity index (χ3v) is 4.62. The molecule has 2 heteroatoms. The summed E-state index contributed by atoms with van der Waals surface area (Å²) >= 11 is 0. The number of benzene rings is 1. The molecule has 3 unspecified atom stereocenters. The van der Waals surface area contributed by atoms with Crippen LogP contribution in [-0.4, -0.2) is 17.9 Å². The fourth-order valence-corrected chi connectivity index (χ4v) is 3.12. The van der Waals surface area contributed by atoms with Crippen molar-refractivity contribution in [3.05, 3.63) is 35.4 Å². The van der Waals surface area contributed by atoms with Crippen molar-refractivity contribution in [3.8, 4) is 0 Å². The molecule has 110 valence electrons. The van der Waals surface area contributed by atoms with E-state index in [0.29, 0.717) is 12.0 Å². The van der Waals surface area contributed by atoms with Crippen molar-refractivity contribution < 1.29 is 4.79 Å². The van der Waals surface area contributed by atoms with Gasteiger partial charge in [-0.2, -0.15) is 0 Å². The Morgan fingerprint density at radius 3 is 2.50 bits per heavy atom. The topological polar surface area (TPSA) is 29.1 Å². The summed E-state index contributed by atoms with van der Waals surface area (Å²) in [5, 5.41) is 3.55. The van der Waals surface area contributed by atoms with Crippen LogP contribution in [-0.2, 0) is 6.42 Å². The molecular formula is C18H27NO. The number of hydrogen-bond donors (Lipinski definition) is 1. The summed E-state index contributed by atoms with van der Waals surface area (Å²) in [7, 11) is 0. The highest BCUT2D eigenvalue weighted by atomic mass is 16.1. The van der Waals surface area contributed by atoms with Crippen molar-refractivity contribution >= 4 is 5.78 Å². The number of carbonyl (C=O) groups excluding carboxylic acids is 1. The van der Waals surface area contributed by atoms with Gasteiger partial charge in [0.2, 0.25) is 0 Å².